The van der Waals surface area contributed by atoms with E-state index < -0.39 is 11.9 Å². The summed E-state index contributed by atoms with van der Waals surface area (Å²) in [7, 11) is 0. The largest absolute Gasteiger partial charge is 0.481 e. The quantitative estimate of drug-likeness (QED) is 0.868. The maximum atomic E-state index is 13.2. The van der Waals surface area contributed by atoms with Crippen molar-refractivity contribution in [1.82, 2.24) is 4.90 Å². The van der Waals surface area contributed by atoms with E-state index in [-0.39, 0.29) is 50.0 Å². The summed E-state index contributed by atoms with van der Waals surface area (Å²) in [5.41, 5.74) is 0. The van der Waals surface area contributed by atoms with Gasteiger partial charge in [0, 0.05) is 37.8 Å². The van der Waals surface area contributed by atoms with Gasteiger partial charge in [0.1, 0.15) is 0 Å². The van der Waals surface area contributed by atoms with Crippen molar-refractivity contribution in [3.63, 3.8) is 0 Å². The van der Waals surface area contributed by atoms with E-state index >= 15 is 0 Å². The highest BCUT2D eigenvalue weighted by Gasteiger charge is 2.40. The van der Waals surface area contributed by atoms with Crippen LogP contribution < -0.4 is 0 Å². The van der Waals surface area contributed by atoms with Gasteiger partial charge in [0.15, 0.2) is 0 Å². The second kappa shape index (κ2) is 6.71. The Labute approximate surface area is 123 Å². The van der Waals surface area contributed by atoms with Gasteiger partial charge < -0.3 is 10.0 Å². The molecule has 1 aliphatic carbocycles. The van der Waals surface area contributed by atoms with Gasteiger partial charge in [0.2, 0.25) is 11.8 Å². The van der Waals surface area contributed by atoms with Crippen LogP contribution >= 0.6 is 0 Å². The molecule has 1 amide bonds. The number of piperidine rings is 1. The summed E-state index contributed by atoms with van der Waals surface area (Å²) in [6, 6.07) is -0.0372. The Morgan fingerprint density at radius 3 is 2.43 bits per heavy atom. The van der Waals surface area contributed by atoms with Gasteiger partial charge in [-0.3, -0.25) is 9.59 Å². The van der Waals surface area contributed by atoms with Crippen molar-refractivity contribution in [3.8, 4) is 0 Å². The molecule has 1 saturated carbocycles. The van der Waals surface area contributed by atoms with Crippen LogP contribution in [0.5, 0.6) is 0 Å². The molecule has 2 fully saturated rings. The lowest BCUT2D eigenvalue weighted by molar-refractivity contribution is -0.145. The molecule has 1 heterocycles. The van der Waals surface area contributed by atoms with E-state index in [1.54, 1.807) is 4.90 Å². The van der Waals surface area contributed by atoms with Crippen molar-refractivity contribution in [2.75, 3.05) is 6.54 Å². The van der Waals surface area contributed by atoms with Crippen LogP contribution in [0.4, 0.5) is 8.78 Å². The first-order valence-electron chi connectivity index (χ1n) is 7.79. The predicted molar refractivity (Wildman–Crippen MR) is 73.1 cm³/mol. The number of amides is 1. The van der Waals surface area contributed by atoms with E-state index in [0.717, 1.165) is 19.3 Å². The summed E-state index contributed by atoms with van der Waals surface area (Å²) in [6.45, 7) is 0.635. The van der Waals surface area contributed by atoms with E-state index in [4.69, 9.17) is 5.11 Å². The average Bonchev–Trinajstić information content (AvgIpc) is 2.44. The van der Waals surface area contributed by atoms with Crippen LogP contribution in [-0.4, -0.2) is 40.4 Å². The van der Waals surface area contributed by atoms with Crippen molar-refractivity contribution in [2.24, 2.45) is 5.92 Å². The van der Waals surface area contributed by atoms with Crippen molar-refractivity contribution in [3.05, 3.63) is 0 Å². The second-order valence-electron chi connectivity index (χ2n) is 6.24. The molecule has 0 spiro atoms. The Bertz CT molecular complexity index is 390. The number of alkyl halides is 2. The SMILES string of the molecule is O=C(O)CCC1CCCCN1C(=O)C1CCC(F)(F)CC1. The number of rotatable bonds is 4. The van der Waals surface area contributed by atoms with Crippen LogP contribution in [0.1, 0.15) is 57.8 Å². The number of carbonyl (C=O) groups excluding carboxylic acids is 1. The standard InChI is InChI=1S/C15H23F2NO3/c16-15(17)8-6-11(7-9-15)14(21)18-10-2-1-3-12(18)4-5-13(19)20/h11-12H,1-10H2,(H,19,20). The fourth-order valence-corrected chi connectivity index (χ4v) is 3.40. The lowest BCUT2D eigenvalue weighted by atomic mass is 9.84. The highest BCUT2D eigenvalue weighted by Crippen LogP contribution is 2.37. The van der Waals surface area contributed by atoms with Crippen LogP contribution in [0.15, 0.2) is 0 Å². The minimum Gasteiger partial charge on any atom is -0.481 e. The van der Waals surface area contributed by atoms with Crippen molar-refractivity contribution in [1.29, 1.82) is 0 Å². The van der Waals surface area contributed by atoms with Gasteiger partial charge in [-0.05, 0) is 38.5 Å². The molecule has 1 unspecified atom stereocenters. The third-order valence-corrected chi connectivity index (χ3v) is 4.67. The zero-order valence-electron chi connectivity index (χ0n) is 12.2. The molecule has 1 aliphatic heterocycles. The lowest BCUT2D eigenvalue weighted by Crippen LogP contribution is -2.47. The van der Waals surface area contributed by atoms with E-state index in [0.29, 0.717) is 13.0 Å². The zero-order valence-corrected chi connectivity index (χ0v) is 12.2. The van der Waals surface area contributed by atoms with Crippen LogP contribution in [-0.2, 0) is 9.59 Å². The number of halogens is 2. The van der Waals surface area contributed by atoms with Gasteiger partial charge in [-0.15, -0.1) is 0 Å². The highest BCUT2D eigenvalue weighted by atomic mass is 19.3. The molecule has 0 bridgehead atoms. The first-order valence-corrected chi connectivity index (χ1v) is 7.79. The molecule has 120 valence electrons. The molecule has 1 atom stereocenters. The summed E-state index contributed by atoms with van der Waals surface area (Å²) in [5.74, 6) is -3.83. The van der Waals surface area contributed by atoms with Crippen LogP contribution in [0, 0.1) is 5.92 Å². The number of hydrogen-bond acceptors (Lipinski definition) is 2. The van der Waals surface area contributed by atoms with E-state index in [2.05, 4.69) is 0 Å². The molecule has 2 rings (SSSR count). The van der Waals surface area contributed by atoms with Gasteiger partial charge in [-0.2, -0.15) is 0 Å². The molecule has 0 aromatic carbocycles. The maximum Gasteiger partial charge on any atom is 0.303 e. The van der Waals surface area contributed by atoms with E-state index in [1.165, 1.54) is 0 Å². The first kappa shape index (κ1) is 16.2. The maximum absolute atomic E-state index is 13.2. The fourth-order valence-electron chi connectivity index (χ4n) is 3.40. The first-order chi connectivity index (χ1) is 9.89. The molecule has 0 aromatic rings. The Kier molecular flexibility index (Phi) is 5.17. The number of carbonyl (C=O) groups is 2. The lowest BCUT2D eigenvalue weighted by Gasteiger charge is -2.39. The number of carboxylic acids is 1. The summed E-state index contributed by atoms with van der Waals surface area (Å²) >= 11 is 0. The average molecular weight is 303 g/mol. The molecular weight excluding hydrogens is 280 g/mol. The molecule has 1 N–H and O–H groups in total. The third-order valence-electron chi connectivity index (χ3n) is 4.67. The van der Waals surface area contributed by atoms with Crippen molar-refractivity contribution < 1.29 is 23.5 Å². The summed E-state index contributed by atoms with van der Waals surface area (Å²) in [6.07, 6.45) is 3.31. The Balaban J connectivity index is 1.93. The van der Waals surface area contributed by atoms with Gasteiger partial charge in [-0.25, -0.2) is 8.78 Å². The molecule has 0 radical (unpaired) electrons. The molecule has 1 saturated heterocycles. The normalized spacial score (nSPS) is 26.6. The number of likely N-dealkylation sites (tertiary alicyclic amines) is 1. The van der Waals surface area contributed by atoms with E-state index in [9.17, 15) is 18.4 Å². The van der Waals surface area contributed by atoms with Crippen LogP contribution in [0.3, 0.4) is 0 Å². The second-order valence-corrected chi connectivity index (χ2v) is 6.24. The monoisotopic (exact) mass is 303 g/mol. The summed E-state index contributed by atoms with van der Waals surface area (Å²) in [5, 5.41) is 8.79. The zero-order chi connectivity index (χ0) is 15.5. The Morgan fingerprint density at radius 2 is 1.81 bits per heavy atom. The molecule has 21 heavy (non-hydrogen) atoms. The van der Waals surface area contributed by atoms with Crippen LogP contribution in [0.25, 0.3) is 0 Å². The molecule has 4 nitrogen and oxygen atoms in total. The number of nitrogens with zero attached hydrogens (tertiary/aromatic N) is 1. The van der Waals surface area contributed by atoms with Gasteiger partial charge >= 0.3 is 5.97 Å². The molecule has 2 aliphatic rings. The molecular formula is C15H23F2NO3. The smallest absolute Gasteiger partial charge is 0.303 e. The number of hydrogen-bond donors (Lipinski definition) is 1. The Morgan fingerprint density at radius 1 is 1.14 bits per heavy atom. The number of aliphatic carboxylic acids is 1. The topological polar surface area (TPSA) is 57.6 Å². The van der Waals surface area contributed by atoms with Crippen molar-refractivity contribution >= 4 is 11.9 Å². The van der Waals surface area contributed by atoms with E-state index in [1.807, 2.05) is 0 Å². The minimum atomic E-state index is -2.62. The highest BCUT2D eigenvalue weighted by molar-refractivity contribution is 5.79. The number of carboxylic acid groups (broad SMARTS) is 1. The van der Waals surface area contributed by atoms with Crippen molar-refractivity contribution in [2.45, 2.75) is 69.8 Å². The summed E-state index contributed by atoms with van der Waals surface area (Å²) in [4.78, 5) is 25.0. The summed E-state index contributed by atoms with van der Waals surface area (Å²) < 4.78 is 26.4. The predicted octanol–water partition coefficient (Wildman–Crippen LogP) is 3.06. The minimum absolute atomic E-state index is 0.0372. The molecule has 6 heteroatoms. The van der Waals surface area contributed by atoms with Gasteiger partial charge in [0.25, 0.3) is 0 Å². The molecule has 0 aromatic heterocycles. The third kappa shape index (κ3) is 4.38. The van der Waals surface area contributed by atoms with Crippen LogP contribution in [0.2, 0.25) is 0 Å². The Hall–Kier alpha value is -1.20. The van der Waals surface area contributed by atoms with Gasteiger partial charge in [0.05, 0.1) is 0 Å². The van der Waals surface area contributed by atoms with Gasteiger partial charge in [-0.1, -0.05) is 0 Å². The fraction of sp³-hybridized carbons (Fsp3) is 0.867.